The minimum absolute atomic E-state index is 0.771. The average molecular weight is 211 g/mol. The van der Waals surface area contributed by atoms with Crippen LogP contribution in [0, 0.1) is 0 Å². The Bertz CT molecular complexity index is 248. The first kappa shape index (κ1) is 11.4. The third kappa shape index (κ3) is 4.03. The first-order valence-corrected chi connectivity index (χ1v) is 5.93. The molecule has 0 fully saturated rings. The molecule has 14 heavy (non-hydrogen) atoms. The predicted molar refractivity (Wildman–Crippen MR) is 63.1 cm³/mol. The summed E-state index contributed by atoms with van der Waals surface area (Å²) >= 11 is 1.90. The Morgan fingerprint density at radius 1 is 1.21 bits per heavy atom. The van der Waals surface area contributed by atoms with Crippen LogP contribution in [0.5, 0.6) is 5.75 Å². The summed E-state index contributed by atoms with van der Waals surface area (Å²) < 4.78 is 5.09. The summed E-state index contributed by atoms with van der Waals surface area (Å²) in [4.78, 5) is 0. The van der Waals surface area contributed by atoms with E-state index < -0.39 is 0 Å². The standard InChI is InChI=1S/C11H17NOS/c1-13-11-4-2-10(3-5-11)6-8-14-9-7-12/h2-5H,6-9,12H2,1H3. The van der Waals surface area contributed by atoms with Crippen LogP contribution in [0.4, 0.5) is 0 Å². The van der Waals surface area contributed by atoms with Gasteiger partial charge in [-0.2, -0.15) is 11.8 Å². The first-order valence-electron chi connectivity index (χ1n) is 4.77. The highest BCUT2D eigenvalue weighted by molar-refractivity contribution is 7.99. The van der Waals surface area contributed by atoms with Crippen LogP contribution in [0.25, 0.3) is 0 Å². The molecule has 0 aliphatic heterocycles. The van der Waals surface area contributed by atoms with Gasteiger partial charge >= 0.3 is 0 Å². The molecule has 0 atom stereocenters. The van der Waals surface area contributed by atoms with E-state index in [1.165, 1.54) is 5.56 Å². The van der Waals surface area contributed by atoms with Gasteiger partial charge in [-0.3, -0.25) is 0 Å². The van der Waals surface area contributed by atoms with E-state index in [-0.39, 0.29) is 0 Å². The number of hydrogen-bond donors (Lipinski definition) is 1. The van der Waals surface area contributed by atoms with Crippen molar-refractivity contribution in [3.63, 3.8) is 0 Å². The summed E-state index contributed by atoms with van der Waals surface area (Å²) in [6, 6.07) is 8.23. The van der Waals surface area contributed by atoms with Gasteiger partial charge in [0.2, 0.25) is 0 Å². The molecular formula is C11H17NOS. The zero-order valence-electron chi connectivity index (χ0n) is 8.53. The average Bonchev–Trinajstić information content (AvgIpc) is 2.25. The minimum Gasteiger partial charge on any atom is -0.497 e. The van der Waals surface area contributed by atoms with Crippen LogP contribution in [0.2, 0.25) is 0 Å². The van der Waals surface area contributed by atoms with Gasteiger partial charge in [0.15, 0.2) is 0 Å². The number of rotatable bonds is 6. The molecule has 78 valence electrons. The Kier molecular flexibility index (Phi) is 5.49. The topological polar surface area (TPSA) is 35.2 Å². The number of methoxy groups -OCH3 is 1. The molecule has 2 nitrogen and oxygen atoms in total. The molecule has 0 bridgehead atoms. The summed E-state index contributed by atoms with van der Waals surface area (Å²) in [5.74, 6) is 3.11. The first-order chi connectivity index (χ1) is 6.86. The van der Waals surface area contributed by atoms with Gasteiger partial charge in [0, 0.05) is 12.3 Å². The smallest absolute Gasteiger partial charge is 0.118 e. The highest BCUT2D eigenvalue weighted by Gasteiger charge is 1.94. The number of aryl methyl sites for hydroxylation is 1. The van der Waals surface area contributed by atoms with Gasteiger partial charge in [-0.25, -0.2) is 0 Å². The molecule has 0 unspecified atom stereocenters. The zero-order valence-corrected chi connectivity index (χ0v) is 9.35. The van der Waals surface area contributed by atoms with E-state index in [2.05, 4.69) is 12.1 Å². The van der Waals surface area contributed by atoms with Crippen molar-refractivity contribution >= 4 is 11.8 Å². The largest absolute Gasteiger partial charge is 0.497 e. The highest BCUT2D eigenvalue weighted by Crippen LogP contribution is 2.13. The second kappa shape index (κ2) is 6.74. The lowest BCUT2D eigenvalue weighted by atomic mass is 10.2. The third-order valence-electron chi connectivity index (χ3n) is 1.96. The summed E-state index contributed by atoms with van der Waals surface area (Å²) in [6.07, 6.45) is 1.11. The third-order valence-corrected chi connectivity index (χ3v) is 2.97. The molecule has 0 saturated heterocycles. The number of benzene rings is 1. The molecule has 0 saturated carbocycles. The van der Waals surface area contributed by atoms with Gasteiger partial charge in [0.1, 0.15) is 5.75 Å². The van der Waals surface area contributed by atoms with Crippen molar-refractivity contribution in [2.24, 2.45) is 5.73 Å². The molecule has 0 aliphatic rings. The molecule has 3 heteroatoms. The van der Waals surface area contributed by atoms with E-state index in [4.69, 9.17) is 10.5 Å². The van der Waals surface area contributed by atoms with Gasteiger partial charge in [0.25, 0.3) is 0 Å². The van der Waals surface area contributed by atoms with Gasteiger partial charge in [0.05, 0.1) is 7.11 Å². The summed E-state index contributed by atoms with van der Waals surface area (Å²) in [7, 11) is 1.69. The maximum Gasteiger partial charge on any atom is 0.118 e. The van der Waals surface area contributed by atoms with Crippen molar-refractivity contribution in [1.82, 2.24) is 0 Å². The van der Waals surface area contributed by atoms with Crippen LogP contribution in [-0.4, -0.2) is 25.2 Å². The molecule has 0 heterocycles. The van der Waals surface area contributed by atoms with Gasteiger partial charge in [-0.05, 0) is 29.9 Å². The highest BCUT2D eigenvalue weighted by atomic mass is 32.2. The molecule has 1 rings (SSSR count). The Morgan fingerprint density at radius 2 is 1.93 bits per heavy atom. The van der Waals surface area contributed by atoms with Gasteiger partial charge in [-0.15, -0.1) is 0 Å². The van der Waals surface area contributed by atoms with Gasteiger partial charge in [-0.1, -0.05) is 12.1 Å². The van der Waals surface area contributed by atoms with Crippen molar-refractivity contribution < 1.29 is 4.74 Å². The molecule has 0 spiro atoms. The summed E-state index contributed by atoms with van der Waals surface area (Å²) in [5, 5.41) is 0. The van der Waals surface area contributed by atoms with Crippen molar-refractivity contribution in [1.29, 1.82) is 0 Å². The fraction of sp³-hybridized carbons (Fsp3) is 0.455. The van der Waals surface area contributed by atoms with E-state index in [0.29, 0.717) is 0 Å². The van der Waals surface area contributed by atoms with E-state index in [9.17, 15) is 0 Å². The zero-order chi connectivity index (χ0) is 10.2. The van der Waals surface area contributed by atoms with Crippen molar-refractivity contribution in [2.45, 2.75) is 6.42 Å². The SMILES string of the molecule is COc1ccc(CCSCCN)cc1. The van der Waals surface area contributed by atoms with Crippen LogP contribution in [0.3, 0.4) is 0 Å². The maximum absolute atomic E-state index is 5.41. The number of thioether (sulfide) groups is 1. The summed E-state index contributed by atoms with van der Waals surface area (Å²) in [6.45, 7) is 0.771. The van der Waals surface area contributed by atoms with E-state index in [1.807, 2.05) is 23.9 Å². The van der Waals surface area contributed by atoms with Crippen molar-refractivity contribution in [3.8, 4) is 5.75 Å². The number of nitrogens with two attached hydrogens (primary N) is 1. The Balaban J connectivity index is 2.29. The molecule has 0 aromatic heterocycles. The van der Waals surface area contributed by atoms with E-state index >= 15 is 0 Å². The summed E-state index contributed by atoms with van der Waals surface area (Å²) in [5.41, 5.74) is 6.77. The molecule has 1 aromatic carbocycles. The lowest BCUT2D eigenvalue weighted by Crippen LogP contribution is -2.02. The molecule has 0 amide bonds. The Labute approximate surface area is 89.8 Å². The van der Waals surface area contributed by atoms with E-state index in [0.717, 1.165) is 30.2 Å². The fourth-order valence-corrected chi connectivity index (χ4v) is 1.92. The predicted octanol–water partition coefficient (Wildman–Crippen LogP) is 1.93. The van der Waals surface area contributed by atoms with Crippen LogP contribution >= 0.6 is 11.8 Å². The lowest BCUT2D eigenvalue weighted by molar-refractivity contribution is 0.414. The lowest BCUT2D eigenvalue weighted by Gasteiger charge is -2.03. The second-order valence-corrected chi connectivity index (χ2v) is 4.22. The molecular weight excluding hydrogens is 194 g/mol. The Hall–Kier alpha value is -0.670. The molecule has 0 radical (unpaired) electrons. The van der Waals surface area contributed by atoms with Crippen LogP contribution in [0.1, 0.15) is 5.56 Å². The Morgan fingerprint density at radius 3 is 2.50 bits per heavy atom. The van der Waals surface area contributed by atoms with E-state index in [1.54, 1.807) is 7.11 Å². The minimum atomic E-state index is 0.771. The quantitative estimate of drug-likeness (QED) is 0.730. The number of ether oxygens (including phenoxy) is 1. The van der Waals surface area contributed by atoms with Crippen molar-refractivity contribution in [3.05, 3.63) is 29.8 Å². The van der Waals surface area contributed by atoms with Crippen LogP contribution < -0.4 is 10.5 Å². The van der Waals surface area contributed by atoms with Gasteiger partial charge < -0.3 is 10.5 Å². The number of hydrogen-bond acceptors (Lipinski definition) is 3. The molecule has 2 N–H and O–H groups in total. The molecule has 0 aliphatic carbocycles. The van der Waals surface area contributed by atoms with Crippen LogP contribution in [0.15, 0.2) is 24.3 Å². The maximum atomic E-state index is 5.41. The monoisotopic (exact) mass is 211 g/mol. The molecule has 1 aromatic rings. The normalized spacial score (nSPS) is 10.1. The van der Waals surface area contributed by atoms with Crippen LogP contribution in [-0.2, 0) is 6.42 Å². The fourth-order valence-electron chi connectivity index (χ4n) is 1.17. The van der Waals surface area contributed by atoms with Crippen molar-refractivity contribution in [2.75, 3.05) is 25.2 Å². The second-order valence-electron chi connectivity index (χ2n) is 3.00.